The lowest BCUT2D eigenvalue weighted by Gasteiger charge is -2.12. The van der Waals surface area contributed by atoms with Crippen molar-refractivity contribution in [2.24, 2.45) is 0 Å². The molecule has 1 aliphatic rings. The zero-order chi connectivity index (χ0) is 19.3. The number of nitrogens with zero attached hydrogens (tertiary/aromatic N) is 2. The molecule has 1 unspecified atom stereocenters. The average molecular weight is 375 g/mol. The molecule has 0 spiro atoms. The number of carbonyl (C=O) groups excluding carboxylic acids is 2. The van der Waals surface area contributed by atoms with Gasteiger partial charge in [-0.25, -0.2) is 4.79 Å². The van der Waals surface area contributed by atoms with Gasteiger partial charge in [-0.1, -0.05) is 42.5 Å². The first kappa shape index (κ1) is 17.8. The highest BCUT2D eigenvalue weighted by molar-refractivity contribution is 5.99. The van der Waals surface area contributed by atoms with Crippen LogP contribution in [0.3, 0.4) is 0 Å². The highest BCUT2D eigenvalue weighted by Crippen LogP contribution is 2.25. The number of anilines is 2. The summed E-state index contributed by atoms with van der Waals surface area (Å²) in [4.78, 5) is 23.7. The molecule has 3 amide bonds. The first-order valence-corrected chi connectivity index (χ1v) is 9.20. The van der Waals surface area contributed by atoms with Crippen LogP contribution < -0.4 is 16.0 Å². The highest BCUT2D eigenvalue weighted by atomic mass is 16.2. The fourth-order valence-corrected chi connectivity index (χ4v) is 3.26. The molecule has 3 aromatic rings. The number of hydrogen-bond acceptors (Lipinski definition) is 3. The Morgan fingerprint density at radius 2 is 1.96 bits per heavy atom. The molecule has 2 heterocycles. The number of aromatic nitrogens is 2. The summed E-state index contributed by atoms with van der Waals surface area (Å²) in [6, 6.07) is 18.9. The molecule has 1 fully saturated rings. The van der Waals surface area contributed by atoms with Crippen LogP contribution in [0.25, 0.3) is 0 Å². The molecular formula is C21H21N5O2. The fraction of sp³-hybridized carbons (Fsp3) is 0.190. The normalized spacial score (nSPS) is 15.9. The third-order valence-electron chi connectivity index (χ3n) is 4.61. The van der Waals surface area contributed by atoms with Crippen LogP contribution in [0.1, 0.15) is 30.0 Å². The number of benzene rings is 2. The topological polar surface area (TPSA) is 88.1 Å². The van der Waals surface area contributed by atoms with Crippen molar-refractivity contribution < 1.29 is 9.59 Å². The zero-order valence-electron chi connectivity index (χ0n) is 15.3. The number of urea groups is 1. The molecule has 7 heteroatoms. The van der Waals surface area contributed by atoms with Crippen molar-refractivity contribution in [1.82, 2.24) is 15.1 Å². The molecule has 142 valence electrons. The van der Waals surface area contributed by atoms with Gasteiger partial charge in [0.25, 0.3) is 0 Å². The maximum absolute atomic E-state index is 12.3. The van der Waals surface area contributed by atoms with E-state index in [0.29, 0.717) is 24.5 Å². The Bertz CT molecular complexity index is 983. The summed E-state index contributed by atoms with van der Waals surface area (Å²) < 4.78 is 1.77. The number of amides is 3. The minimum absolute atomic E-state index is 0.00555. The van der Waals surface area contributed by atoms with Gasteiger partial charge in [-0.3, -0.25) is 14.8 Å². The molecule has 28 heavy (non-hydrogen) atoms. The van der Waals surface area contributed by atoms with Crippen LogP contribution in [0.15, 0.2) is 66.9 Å². The summed E-state index contributed by atoms with van der Waals surface area (Å²) in [6.07, 6.45) is 3.13. The lowest BCUT2D eigenvalue weighted by Crippen LogP contribution is -2.21. The first-order chi connectivity index (χ1) is 13.7. The van der Waals surface area contributed by atoms with Crippen molar-refractivity contribution in [2.45, 2.75) is 25.4 Å². The Kier molecular flexibility index (Phi) is 5.05. The molecule has 3 N–H and O–H groups in total. The fourth-order valence-electron chi connectivity index (χ4n) is 3.26. The number of carbonyl (C=O) groups is 2. The minimum Gasteiger partial charge on any atom is -0.349 e. The molecule has 2 aromatic carbocycles. The third-order valence-corrected chi connectivity index (χ3v) is 4.61. The Hall–Kier alpha value is -3.61. The molecule has 1 atom stereocenters. The van der Waals surface area contributed by atoms with Crippen molar-refractivity contribution in [3.63, 3.8) is 0 Å². The highest BCUT2D eigenvalue weighted by Gasteiger charge is 2.22. The van der Waals surface area contributed by atoms with Gasteiger partial charge in [0.1, 0.15) is 0 Å². The smallest absolute Gasteiger partial charge is 0.324 e. The van der Waals surface area contributed by atoms with Gasteiger partial charge in [-0.2, -0.15) is 5.10 Å². The van der Waals surface area contributed by atoms with E-state index in [0.717, 1.165) is 17.5 Å². The van der Waals surface area contributed by atoms with Crippen LogP contribution in [-0.2, 0) is 11.3 Å². The lowest BCUT2D eigenvalue weighted by atomic mass is 10.0. The van der Waals surface area contributed by atoms with Gasteiger partial charge in [0.15, 0.2) is 5.82 Å². The van der Waals surface area contributed by atoms with Gasteiger partial charge in [0.2, 0.25) is 5.91 Å². The maximum Gasteiger partial charge on any atom is 0.324 e. The maximum atomic E-state index is 12.3. The van der Waals surface area contributed by atoms with Crippen molar-refractivity contribution >= 4 is 23.4 Å². The second-order valence-electron chi connectivity index (χ2n) is 6.75. The molecule has 0 bridgehead atoms. The van der Waals surface area contributed by atoms with Crippen LogP contribution >= 0.6 is 0 Å². The van der Waals surface area contributed by atoms with E-state index in [9.17, 15) is 9.59 Å². The molecular weight excluding hydrogens is 354 g/mol. The first-order valence-electron chi connectivity index (χ1n) is 9.20. The van der Waals surface area contributed by atoms with Crippen LogP contribution in [0, 0.1) is 0 Å². The minimum atomic E-state index is -0.363. The Morgan fingerprint density at radius 3 is 2.75 bits per heavy atom. The van der Waals surface area contributed by atoms with Crippen LogP contribution in [0.5, 0.6) is 0 Å². The van der Waals surface area contributed by atoms with Gasteiger partial charge in [0.05, 0.1) is 12.6 Å². The Morgan fingerprint density at radius 1 is 1.11 bits per heavy atom. The van der Waals surface area contributed by atoms with Crippen molar-refractivity contribution in [2.75, 3.05) is 10.6 Å². The summed E-state index contributed by atoms with van der Waals surface area (Å²) in [5.74, 6) is 0.542. The summed E-state index contributed by atoms with van der Waals surface area (Å²) >= 11 is 0. The lowest BCUT2D eigenvalue weighted by molar-refractivity contribution is -0.119. The van der Waals surface area contributed by atoms with Gasteiger partial charge in [-0.15, -0.1) is 0 Å². The van der Waals surface area contributed by atoms with Gasteiger partial charge in [0, 0.05) is 24.4 Å². The number of hydrogen-bond donors (Lipinski definition) is 3. The van der Waals surface area contributed by atoms with E-state index in [1.165, 1.54) is 0 Å². The van der Waals surface area contributed by atoms with E-state index in [1.807, 2.05) is 60.8 Å². The third kappa shape index (κ3) is 4.37. The van der Waals surface area contributed by atoms with Crippen molar-refractivity contribution in [1.29, 1.82) is 0 Å². The van der Waals surface area contributed by atoms with E-state index < -0.39 is 0 Å². The SMILES string of the molecule is O=C1CCC(c2cccc(NC(=O)Nc3ccn(Cc4ccccc4)n3)c2)N1. The summed E-state index contributed by atoms with van der Waals surface area (Å²) in [7, 11) is 0. The zero-order valence-corrected chi connectivity index (χ0v) is 15.3. The van der Waals surface area contributed by atoms with Gasteiger partial charge in [-0.05, 0) is 29.7 Å². The van der Waals surface area contributed by atoms with Crippen LogP contribution in [0.2, 0.25) is 0 Å². The summed E-state index contributed by atoms with van der Waals surface area (Å²) in [6.45, 7) is 0.638. The van der Waals surface area contributed by atoms with E-state index in [1.54, 1.807) is 10.7 Å². The molecule has 4 rings (SSSR count). The van der Waals surface area contributed by atoms with Crippen LogP contribution in [-0.4, -0.2) is 21.7 Å². The van der Waals surface area contributed by atoms with Crippen LogP contribution in [0.4, 0.5) is 16.3 Å². The van der Waals surface area contributed by atoms with E-state index in [4.69, 9.17) is 0 Å². The van der Waals surface area contributed by atoms with Crippen molar-refractivity contribution in [3.05, 3.63) is 78.0 Å². The predicted molar refractivity (Wildman–Crippen MR) is 107 cm³/mol. The quantitative estimate of drug-likeness (QED) is 0.637. The second kappa shape index (κ2) is 7.96. The Labute approximate surface area is 162 Å². The average Bonchev–Trinajstić information content (AvgIpc) is 3.32. The standard InChI is InChI=1S/C21H21N5O2/c27-20-10-9-18(23-20)16-7-4-8-17(13-16)22-21(28)24-19-11-12-26(25-19)14-15-5-2-1-3-6-15/h1-8,11-13,18H,9-10,14H2,(H,23,27)(H2,22,24,25,28). The monoisotopic (exact) mass is 375 g/mol. The number of nitrogens with one attached hydrogen (secondary N) is 3. The molecule has 0 radical (unpaired) electrons. The Balaban J connectivity index is 1.35. The number of rotatable bonds is 5. The van der Waals surface area contributed by atoms with E-state index >= 15 is 0 Å². The largest absolute Gasteiger partial charge is 0.349 e. The molecule has 1 aliphatic heterocycles. The molecule has 1 saturated heterocycles. The van der Waals surface area contributed by atoms with Gasteiger partial charge >= 0.3 is 6.03 Å². The van der Waals surface area contributed by atoms with Crippen molar-refractivity contribution in [3.8, 4) is 0 Å². The summed E-state index contributed by atoms with van der Waals surface area (Å²) in [5, 5.41) is 12.9. The molecule has 7 nitrogen and oxygen atoms in total. The van der Waals surface area contributed by atoms with E-state index in [2.05, 4.69) is 21.0 Å². The molecule has 0 saturated carbocycles. The van der Waals surface area contributed by atoms with Gasteiger partial charge < -0.3 is 10.6 Å². The van der Waals surface area contributed by atoms with E-state index in [-0.39, 0.29) is 18.0 Å². The summed E-state index contributed by atoms with van der Waals surface area (Å²) in [5.41, 5.74) is 2.79. The second-order valence-corrected chi connectivity index (χ2v) is 6.75. The molecule has 0 aliphatic carbocycles. The predicted octanol–water partition coefficient (Wildman–Crippen LogP) is 3.53. The molecule has 1 aromatic heterocycles.